The summed E-state index contributed by atoms with van der Waals surface area (Å²) in [6.45, 7) is 6.09. The highest BCUT2D eigenvalue weighted by Crippen LogP contribution is 1.91. The van der Waals surface area contributed by atoms with Crippen LogP contribution in [0.15, 0.2) is 0 Å². The first-order chi connectivity index (χ1) is 6.06. The standard InChI is InChI=1S/C9H21N3S/c1-4-5-12(8-9(10)13)7-6-11(2)3/h4-8H2,1-3H3,(H2,10,13). The summed E-state index contributed by atoms with van der Waals surface area (Å²) in [7, 11) is 4.15. The summed E-state index contributed by atoms with van der Waals surface area (Å²) < 4.78 is 0. The van der Waals surface area contributed by atoms with Crippen molar-refractivity contribution in [2.24, 2.45) is 5.73 Å². The average Bonchev–Trinajstić information content (AvgIpc) is 1.99. The van der Waals surface area contributed by atoms with Crippen molar-refractivity contribution in [1.82, 2.24) is 9.80 Å². The van der Waals surface area contributed by atoms with Crippen LogP contribution in [0.2, 0.25) is 0 Å². The molecule has 0 rings (SSSR count). The van der Waals surface area contributed by atoms with Crippen molar-refractivity contribution >= 4 is 17.2 Å². The maximum Gasteiger partial charge on any atom is 0.0870 e. The van der Waals surface area contributed by atoms with Crippen molar-refractivity contribution in [3.8, 4) is 0 Å². The third kappa shape index (κ3) is 8.15. The number of nitrogens with zero attached hydrogens (tertiary/aromatic N) is 2. The van der Waals surface area contributed by atoms with E-state index in [1.54, 1.807) is 0 Å². The van der Waals surface area contributed by atoms with Crippen molar-refractivity contribution < 1.29 is 0 Å². The molecule has 0 heterocycles. The normalized spacial score (nSPS) is 11.2. The van der Waals surface area contributed by atoms with Crippen LogP contribution >= 0.6 is 12.2 Å². The monoisotopic (exact) mass is 203 g/mol. The van der Waals surface area contributed by atoms with Gasteiger partial charge in [0.05, 0.1) is 4.99 Å². The Labute approximate surface area is 86.9 Å². The van der Waals surface area contributed by atoms with Gasteiger partial charge >= 0.3 is 0 Å². The molecule has 0 saturated heterocycles. The zero-order valence-electron chi connectivity index (χ0n) is 8.92. The molecule has 0 aliphatic rings. The van der Waals surface area contributed by atoms with Gasteiger partial charge in [0.25, 0.3) is 0 Å². The van der Waals surface area contributed by atoms with Crippen molar-refractivity contribution in [3.63, 3.8) is 0 Å². The van der Waals surface area contributed by atoms with Gasteiger partial charge in [-0.25, -0.2) is 0 Å². The van der Waals surface area contributed by atoms with Crippen LogP contribution in [0.25, 0.3) is 0 Å². The second kappa shape index (κ2) is 7.24. The number of rotatable bonds is 7. The third-order valence-electron chi connectivity index (χ3n) is 1.78. The lowest BCUT2D eigenvalue weighted by Crippen LogP contribution is -2.37. The van der Waals surface area contributed by atoms with E-state index in [-0.39, 0.29) is 0 Å². The molecule has 0 saturated carbocycles. The Hall–Kier alpha value is -0.190. The number of likely N-dealkylation sites (N-methyl/N-ethyl adjacent to an activating group) is 1. The first kappa shape index (κ1) is 12.8. The summed E-state index contributed by atoms with van der Waals surface area (Å²) in [6.07, 6.45) is 1.15. The quantitative estimate of drug-likeness (QED) is 0.612. The minimum absolute atomic E-state index is 0.590. The Bertz CT molecular complexity index is 148. The van der Waals surface area contributed by atoms with E-state index in [1.165, 1.54) is 0 Å². The van der Waals surface area contributed by atoms with Gasteiger partial charge in [-0.3, -0.25) is 4.90 Å². The predicted molar refractivity (Wildman–Crippen MR) is 62.1 cm³/mol. The van der Waals surface area contributed by atoms with Crippen LogP contribution in [0.3, 0.4) is 0 Å². The first-order valence-electron chi connectivity index (χ1n) is 4.71. The number of nitrogens with two attached hydrogens (primary N) is 1. The van der Waals surface area contributed by atoms with Crippen molar-refractivity contribution in [2.75, 3.05) is 40.3 Å². The zero-order chi connectivity index (χ0) is 10.3. The highest BCUT2D eigenvalue weighted by molar-refractivity contribution is 7.80. The van der Waals surface area contributed by atoms with Crippen LogP contribution in [-0.2, 0) is 0 Å². The first-order valence-corrected chi connectivity index (χ1v) is 5.12. The number of hydrogen-bond donors (Lipinski definition) is 1. The van der Waals surface area contributed by atoms with Gasteiger partial charge in [-0.15, -0.1) is 0 Å². The molecule has 0 spiro atoms. The lowest BCUT2D eigenvalue weighted by Gasteiger charge is -2.22. The van der Waals surface area contributed by atoms with Gasteiger partial charge in [0.2, 0.25) is 0 Å². The molecule has 2 N–H and O–H groups in total. The summed E-state index contributed by atoms with van der Waals surface area (Å²) >= 11 is 4.89. The maximum atomic E-state index is 5.51. The molecule has 0 atom stereocenters. The lowest BCUT2D eigenvalue weighted by molar-refractivity contribution is 0.267. The molecule has 0 fully saturated rings. The molecule has 13 heavy (non-hydrogen) atoms. The Balaban J connectivity index is 3.72. The molecule has 3 nitrogen and oxygen atoms in total. The highest BCUT2D eigenvalue weighted by Gasteiger charge is 2.04. The van der Waals surface area contributed by atoms with Crippen LogP contribution in [0.5, 0.6) is 0 Å². The second-order valence-corrected chi connectivity index (χ2v) is 4.07. The van der Waals surface area contributed by atoms with Crippen LogP contribution in [0.4, 0.5) is 0 Å². The summed E-state index contributed by atoms with van der Waals surface area (Å²) in [6, 6.07) is 0. The molecule has 0 aromatic rings. The van der Waals surface area contributed by atoms with E-state index in [9.17, 15) is 0 Å². The third-order valence-corrected chi connectivity index (χ3v) is 1.91. The lowest BCUT2D eigenvalue weighted by atomic mass is 10.4. The Morgan fingerprint density at radius 2 is 1.85 bits per heavy atom. The molecule has 0 unspecified atom stereocenters. The van der Waals surface area contributed by atoms with Gasteiger partial charge < -0.3 is 10.6 Å². The molecule has 0 aromatic heterocycles. The van der Waals surface area contributed by atoms with E-state index >= 15 is 0 Å². The van der Waals surface area contributed by atoms with Crippen LogP contribution < -0.4 is 5.73 Å². The van der Waals surface area contributed by atoms with Gasteiger partial charge in [-0.05, 0) is 27.1 Å². The smallest absolute Gasteiger partial charge is 0.0870 e. The topological polar surface area (TPSA) is 32.5 Å². The van der Waals surface area contributed by atoms with E-state index in [0.29, 0.717) is 4.99 Å². The summed E-state index contributed by atoms with van der Waals surface area (Å²) in [4.78, 5) is 5.05. The molecule has 0 amide bonds. The van der Waals surface area contributed by atoms with Gasteiger partial charge in [0, 0.05) is 19.6 Å². The number of hydrogen-bond acceptors (Lipinski definition) is 3. The minimum Gasteiger partial charge on any atom is -0.392 e. The fraction of sp³-hybridized carbons (Fsp3) is 0.889. The van der Waals surface area contributed by atoms with Crippen LogP contribution in [0.1, 0.15) is 13.3 Å². The van der Waals surface area contributed by atoms with Crippen molar-refractivity contribution in [3.05, 3.63) is 0 Å². The molecule has 0 bridgehead atoms. The van der Waals surface area contributed by atoms with E-state index in [2.05, 4.69) is 30.8 Å². The Kier molecular flexibility index (Phi) is 7.13. The molecular weight excluding hydrogens is 182 g/mol. The average molecular weight is 203 g/mol. The van der Waals surface area contributed by atoms with Gasteiger partial charge in [0.1, 0.15) is 0 Å². The van der Waals surface area contributed by atoms with E-state index in [4.69, 9.17) is 18.0 Å². The number of thiocarbonyl (C=S) groups is 1. The predicted octanol–water partition coefficient (Wildman–Crippen LogP) is 0.546. The molecular formula is C9H21N3S. The highest BCUT2D eigenvalue weighted by atomic mass is 32.1. The van der Waals surface area contributed by atoms with Crippen molar-refractivity contribution in [2.45, 2.75) is 13.3 Å². The van der Waals surface area contributed by atoms with E-state index < -0.39 is 0 Å². The largest absolute Gasteiger partial charge is 0.392 e. The van der Waals surface area contributed by atoms with E-state index in [0.717, 1.165) is 32.6 Å². The SMILES string of the molecule is CCCN(CCN(C)C)CC(N)=S. The van der Waals surface area contributed by atoms with Crippen molar-refractivity contribution in [1.29, 1.82) is 0 Å². The molecule has 0 radical (unpaired) electrons. The summed E-state index contributed by atoms with van der Waals surface area (Å²) in [5.41, 5.74) is 5.51. The molecule has 0 aliphatic heterocycles. The fourth-order valence-corrected chi connectivity index (χ4v) is 1.33. The molecule has 0 aromatic carbocycles. The van der Waals surface area contributed by atoms with Gasteiger partial charge in [-0.2, -0.15) is 0 Å². The Morgan fingerprint density at radius 3 is 2.23 bits per heavy atom. The fourth-order valence-electron chi connectivity index (χ4n) is 1.15. The van der Waals surface area contributed by atoms with Gasteiger partial charge in [-0.1, -0.05) is 19.1 Å². The van der Waals surface area contributed by atoms with Crippen LogP contribution in [-0.4, -0.2) is 55.1 Å². The second-order valence-electron chi connectivity index (χ2n) is 3.55. The Morgan fingerprint density at radius 1 is 1.23 bits per heavy atom. The molecule has 0 aliphatic carbocycles. The van der Waals surface area contributed by atoms with E-state index in [1.807, 2.05) is 0 Å². The summed E-state index contributed by atoms with van der Waals surface area (Å²) in [5, 5.41) is 0. The maximum absolute atomic E-state index is 5.51. The van der Waals surface area contributed by atoms with Crippen LogP contribution in [0, 0.1) is 0 Å². The molecule has 4 heteroatoms. The molecule has 78 valence electrons. The zero-order valence-corrected chi connectivity index (χ0v) is 9.73. The van der Waals surface area contributed by atoms with Gasteiger partial charge in [0.15, 0.2) is 0 Å². The summed E-state index contributed by atoms with van der Waals surface area (Å²) in [5.74, 6) is 0. The minimum atomic E-state index is 0.590.